The van der Waals surface area contributed by atoms with E-state index >= 15 is 0 Å². The molecule has 1 aromatic carbocycles. The molecule has 2 fully saturated rings. The highest BCUT2D eigenvalue weighted by molar-refractivity contribution is 5.90. The molecule has 0 unspecified atom stereocenters. The summed E-state index contributed by atoms with van der Waals surface area (Å²) in [6.45, 7) is 3.36. The van der Waals surface area contributed by atoms with E-state index in [-0.39, 0.29) is 43.7 Å². The van der Waals surface area contributed by atoms with Crippen molar-refractivity contribution in [1.29, 1.82) is 0 Å². The van der Waals surface area contributed by atoms with Crippen LogP contribution in [0.2, 0.25) is 0 Å². The lowest BCUT2D eigenvalue weighted by molar-refractivity contribution is -0.191. The number of hydrogen-bond donors (Lipinski definition) is 2. The minimum absolute atomic E-state index is 0.124. The van der Waals surface area contributed by atoms with Crippen molar-refractivity contribution in [2.45, 2.75) is 32.1 Å². The van der Waals surface area contributed by atoms with E-state index in [2.05, 4.69) is 5.32 Å². The summed E-state index contributed by atoms with van der Waals surface area (Å²) in [4.78, 5) is 42.8. The summed E-state index contributed by atoms with van der Waals surface area (Å²) >= 11 is 0. The van der Waals surface area contributed by atoms with Crippen LogP contribution in [-0.4, -0.2) is 79.6 Å². The molecule has 3 atom stereocenters. The molecule has 30 heavy (non-hydrogen) atoms. The van der Waals surface area contributed by atoms with Gasteiger partial charge in [-0.15, -0.1) is 0 Å². The number of benzene rings is 1. The van der Waals surface area contributed by atoms with Gasteiger partial charge < -0.3 is 20.1 Å². The third kappa shape index (κ3) is 4.46. The lowest BCUT2D eigenvalue weighted by atomic mass is 10.2. The van der Waals surface area contributed by atoms with Crippen molar-refractivity contribution >= 4 is 29.3 Å². The quantitative estimate of drug-likeness (QED) is 0.630. The van der Waals surface area contributed by atoms with E-state index in [0.29, 0.717) is 5.69 Å². The Labute approximate surface area is 173 Å². The molecule has 11 heteroatoms. The number of aliphatic hydroxyl groups excluding tert-OH is 1. The summed E-state index contributed by atoms with van der Waals surface area (Å²) < 4.78 is 20.1. The van der Waals surface area contributed by atoms with E-state index in [1.807, 2.05) is 0 Å². The second kappa shape index (κ2) is 8.84. The molecule has 2 heterocycles. The Morgan fingerprint density at radius 1 is 1.33 bits per heavy atom. The van der Waals surface area contributed by atoms with Gasteiger partial charge in [0.2, 0.25) is 11.8 Å². The minimum Gasteiger partial charge on any atom is -0.442 e. The van der Waals surface area contributed by atoms with Crippen molar-refractivity contribution in [2.24, 2.45) is 0 Å². The van der Waals surface area contributed by atoms with Crippen molar-refractivity contribution in [3.05, 3.63) is 24.0 Å². The Hall–Kier alpha value is -2.92. The van der Waals surface area contributed by atoms with Crippen molar-refractivity contribution < 1.29 is 33.5 Å². The normalized spacial score (nSPS) is 23.5. The molecule has 10 nitrogen and oxygen atoms in total. The van der Waals surface area contributed by atoms with Crippen LogP contribution in [0.4, 0.5) is 20.6 Å². The summed E-state index contributed by atoms with van der Waals surface area (Å²) in [5.74, 6) is -1.17. The monoisotopic (exact) mass is 424 g/mol. The summed E-state index contributed by atoms with van der Waals surface area (Å²) in [6, 6.07) is 3.68. The molecule has 0 saturated carbocycles. The van der Waals surface area contributed by atoms with Crippen LogP contribution in [0, 0.1) is 5.82 Å². The van der Waals surface area contributed by atoms with Gasteiger partial charge in [-0.2, -0.15) is 0 Å². The zero-order chi connectivity index (χ0) is 22.0. The predicted octanol–water partition coefficient (Wildman–Crippen LogP) is 0.246. The fraction of sp³-hybridized carbons (Fsp3) is 0.526. The van der Waals surface area contributed by atoms with Gasteiger partial charge in [-0.05, 0) is 18.2 Å². The maximum Gasteiger partial charge on any atom is 0.414 e. The molecule has 3 amide bonds. The van der Waals surface area contributed by atoms with Crippen LogP contribution in [-0.2, 0) is 19.2 Å². The number of aliphatic hydroxyl groups is 1. The lowest BCUT2D eigenvalue weighted by Gasteiger charge is -2.27. The van der Waals surface area contributed by atoms with Crippen LogP contribution in [0.25, 0.3) is 0 Å². The van der Waals surface area contributed by atoms with Gasteiger partial charge in [0.15, 0.2) is 0 Å². The Bertz CT molecular complexity index is 837. The first-order chi connectivity index (χ1) is 14.2. The molecule has 0 radical (unpaired) electrons. The van der Waals surface area contributed by atoms with E-state index in [0.717, 1.165) is 5.06 Å². The molecule has 0 aliphatic carbocycles. The summed E-state index contributed by atoms with van der Waals surface area (Å²) in [7, 11) is 1.33. The second-order valence-electron chi connectivity index (χ2n) is 7.26. The van der Waals surface area contributed by atoms with Gasteiger partial charge in [0.05, 0.1) is 37.7 Å². The first-order valence-electron chi connectivity index (χ1n) is 9.50. The van der Waals surface area contributed by atoms with Gasteiger partial charge in [0, 0.05) is 26.9 Å². The van der Waals surface area contributed by atoms with Crippen molar-refractivity contribution in [1.82, 2.24) is 10.4 Å². The highest BCUT2D eigenvalue weighted by Gasteiger charge is 2.39. The molecule has 1 aromatic rings. The highest BCUT2D eigenvalue weighted by atomic mass is 19.1. The van der Waals surface area contributed by atoms with Gasteiger partial charge in [-0.25, -0.2) is 14.2 Å². The molecule has 164 valence electrons. The van der Waals surface area contributed by atoms with Gasteiger partial charge in [-0.3, -0.25) is 19.3 Å². The van der Waals surface area contributed by atoms with E-state index in [4.69, 9.17) is 9.57 Å². The highest BCUT2D eigenvalue weighted by Crippen LogP contribution is 2.30. The summed E-state index contributed by atoms with van der Waals surface area (Å²) in [6.07, 6.45) is -2.05. The van der Waals surface area contributed by atoms with Crippen molar-refractivity contribution in [3.63, 3.8) is 0 Å². The molecule has 2 N–H and O–H groups in total. The first kappa shape index (κ1) is 21.8. The van der Waals surface area contributed by atoms with Crippen molar-refractivity contribution in [2.75, 3.05) is 43.1 Å². The fourth-order valence-corrected chi connectivity index (χ4v) is 3.71. The number of amides is 3. The number of hydroxylamine groups is 2. The largest absolute Gasteiger partial charge is 0.442 e. The van der Waals surface area contributed by atoms with Crippen LogP contribution in [0.3, 0.4) is 0 Å². The third-order valence-corrected chi connectivity index (χ3v) is 5.10. The molecule has 3 rings (SSSR count). The maximum atomic E-state index is 14.9. The molecular weight excluding hydrogens is 399 g/mol. The maximum absolute atomic E-state index is 14.9. The Balaban J connectivity index is 1.71. The van der Waals surface area contributed by atoms with E-state index < -0.39 is 30.2 Å². The summed E-state index contributed by atoms with van der Waals surface area (Å²) in [5, 5.41) is 14.0. The number of rotatable bonds is 6. The number of hydrogen-bond acceptors (Lipinski definition) is 7. The standard InChI is InChI=1S/C19H25FN4O6/c1-11(25)21-7-14-8-23(19(28)30-14)13-4-5-16(15(20)6-13)22-9-17(18(27)10-22)24(29-3)12(2)26/h4-6,14,17-18,27H,7-10H2,1-3H3,(H,21,25)/t14-,17-,18-/m0/s1. The summed E-state index contributed by atoms with van der Waals surface area (Å²) in [5.41, 5.74) is 0.562. The fourth-order valence-electron chi connectivity index (χ4n) is 3.71. The molecule has 2 aliphatic rings. The number of cyclic esters (lactones) is 1. The minimum atomic E-state index is -0.906. The Morgan fingerprint density at radius 2 is 2.07 bits per heavy atom. The molecule has 2 aliphatic heterocycles. The third-order valence-electron chi connectivity index (χ3n) is 5.10. The number of carbonyl (C=O) groups excluding carboxylic acids is 3. The Kier molecular flexibility index (Phi) is 6.42. The van der Waals surface area contributed by atoms with Gasteiger partial charge in [0.25, 0.3) is 0 Å². The van der Waals surface area contributed by atoms with Crippen LogP contribution in [0.15, 0.2) is 18.2 Å². The van der Waals surface area contributed by atoms with E-state index in [9.17, 15) is 23.9 Å². The molecular formula is C19H25FN4O6. The molecule has 0 spiro atoms. The first-order valence-corrected chi connectivity index (χ1v) is 9.50. The zero-order valence-electron chi connectivity index (χ0n) is 17.0. The van der Waals surface area contributed by atoms with Gasteiger partial charge in [0.1, 0.15) is 18.0 Å². The molecule has 0 aromatic heterocycles. The van der Waals surface area contributed by atoms with Gasteiger partial charge in [-0.1, -0.05) is 0 Å². The number of ether oxygens (including phenoxy) is 1. The number of anilines is 2. The predicted molar refractivity (Wildman–Crippen MR) is 104 cm³/mol. The molecule has 2 saturated heterocycles. The lowest BCUT2D eigenvalue weighted by Crippen LogP contribution is -2.45. The number of nitrogens with one attached hydrogen (secondary N) is 1. The average molecular weight is 424 g/mol. The Morgan fingerprint density at radius 3 is 2.67 bits per heavy atom. The van der Waals surface area contributed by atoms with Crippen LogP contribution in [0.5, 0.6) is 0 Å². The second-order valence-corrected chi connectivity index (χ2v) is 7.26. The van der Waals surface area contributed by atoms with E-state index in [1.54, 1.807) is 11.0 Å². The number of carbonyl (C=O) groups is 3. The SMILES string of the molecule is CON(C(C)=O)[C@H]1CN(c2ccc(N3C[C@H](CNC(C)=O)OC3=O)cc2F)C[C@@H]1O. The van der Waals surface area contributed by atoms with E-state index in [1.165, 1.54) is 38.0 Å². The smallest absolute Gasteiger partial charge is 0.414 e. The number of nitrogens with zero attached hydrogens (tertiary/aromatic N) is 3. The number of β-amino-alcohol motifs (C(OH)–C–C–N with tert-alkyl or cyclic N) is 1. The van der Waals surface area contributed by atoms with Crippen LogP contribution >= 0.6 is 0 Å². The number of halogens is 1. The zero-order valence-corrected chi connectivity index (χ0v) is 17.0. The van der Waals surface area contributed by atoms with Gasteiger partial charge >= 0.3 is 6.09 Å². The van der Waals surface area contributed by atoms with Crippen molar-refractivity contribution in [3.8, 4) is 0 Å². The van der Waals surface area contributed by atoms with Crippen LogP contribution in [0.1, 0.15) is 13.8 Å². The average Bonchev–Trinajstić information content (AvgIpc) is 3.23. The molecule has 0 bridgehead atoms. The van der Waals surface area contributed by atoms with Crippen LogP contribution < -0.4 is 15.1 Å². The topological polar surface area (TPSA) is 112 Å².